The van der Waals surface area contributed by atoms with Crippen LogP contribution < -0.4 is 4.72 Å². The maximum absolute atomic E-state index is 13.1. The molecule has 0 fully saturated rings. The highest BCUT2D eigenvalue weighted by molar-refractivity contribution is 7.89. The van der Waals surface area contributed by atoms with Gasteiger partial charge in [0.2, 0.25) is 10.0 Å². The Morgan fingerprint density at radius 3 is 1.89 bits per heavy atom. The van der Waals surface area contributed by atoms with Gasteiger partial charge in [-0.3, -0.25) is 4.79 Å². The molecule has 0 spiro atoms. The molecule has 0 saturated heterocycles. The standard InChI is InChI=1S/C32H28FNO3S/c1-2-30(26-9-5-3-6-10-26)32(27-11-7-4-8-12-27)28-18-13-24(14-19-28)17-22-31(35)34-38(36,37)23-25-15-20-29(33)21-16-25/h3-22H,2,23H2,1H3,(H,34,35). The smallest absolute Gasteiger partial charge is 0.257 e. The lowest BCUT2D eigenvalue weighted by Gasteiger charge is -2.16. The van der Waals surface area contributed by atoms with E-state index < -0.39 is 27.5 Å². The Balaban J connectivity index is 1.54. The van der Waals surface area contributed by atoms with Crippen LogP contribution in [0.2, 0.25) is 0 Å². The SMILES string of the molecule is CCC(=C(c1ccccc1)c1ccc(C=CC(=O)NS(=O)(=O)Cc2ccc(F)cc2)cc1)c1ccccc1. The van der Waals surface area contributed by atoms with E-state index >= 15 is 0 Å². The van der Waals surface area contributed by atoms with Gasteiger partial charge in [-0.1, -0.05) is 104 Å². The molecule has 0 atom stereocenters. The second kappa shape index (κ2) is 12.3. The van der Waals surface area contributed by atoms with Crippen molar-refractivity contribution in [1.29, 1.82) is 0 Å². The van der Waals surface area contributed by atoms with E-state index in [-0.39, 0.29) is 0 Å². The van der Waals surface area contributed by atoms with Crippen LogP contribution in [0.5, 0.6) is 0 Å². The van der Waals surface area contributed by atoms with Crippen LogP contribution in [0.15, 0.2) is 115 Å². The van der Waals surface area contributed by atoms with Gasteiger partial charge in [0.05, 0.1) is 5.75 Å². The molecule has 38 heavy (non-hydrogen) atoms. The van der Waals surface area contributed by atoms with Crippen LogP contribution in [0, 0.1) is 5.82 Å². The largest absolute Gasteiger partial charge is 0.269 e. The third kappa shape index (κ3) is 7.14. The molecule has 0 aromatic heterocycles. The van der Waals surface area contributed by atoms with E-state index in [0.29, 0.717) is 5.56 Å². The molecular formula is C32H28FNO3S. The van der Waals surface area contributed by atoms with Crippen LogP contribution in [0.25, 0.3) is 17.2 Å². The van der Waals surface area contributed by atoms with Crippen molar-refractivity contribution in [3.63, 3.8) is 0 Å². The lowest BCUT2D eigenvalue weighted by molar-refractivity contribution is -0.114. The second-order valence-electron chi connectivity index (χ2n) is 8.75. The van der Waals surface area contributed by atoms with Gasteiger partial charge in [-0.2, -0.15) is 0 Å². The number of carbonyl (C=O) groups excluding carboxylic acids is 1. The van der Waals surface area contributed by atoms with Crippen LogP contribution in [-0.2, 0) is 20.6 Å². The molecule has 0 radical (unpaired) electrons. The van der Waals surface area contributed by atoms with E-state index in [2.05, 4.69) is 31.2 Å². The quantitative estimate of drug-likeness (QED) is 0.192. The minimum atomic E-state index is -3.92. The van der Waals surface area contributed by atoms with Crippen LogP contribution >= 0.6 is 0 Å². The Labute approximate surface area is 223 Å². The Bertz CT molecular complexity index is 1540. The molecule has 0 aliphatic heterocycles. The number of sulfonamides is 1. The lowest BCUT2D eigenvalue weighted by Crippen LogP contribution is -2.30. The number of hydrogen-bond acceptors (Lipinski definition) is 3. The highest BCUT2D eigenvalue weighted by atomic mass is 32.2. The van der Waals surface area contributed by atoms with Gasteiger partial charge in [0.1, 0.15) is 5.82 Å². The molecule has 0 aliphatic rings. The van der Waals surface area contributed by atoms with Crippen molar-refractivity contribution in [3.8, 4) is 0 Å². The summed E-state index contributed by atoms with van der Waals surface area (Å²) in [7, 11) is -3.92. The summed E-state index contributed by atoms with van der Waals surface area (Å²) in [6.07, 6.45) is 3.60. The first-order chi connectivity index (χ1) is 18.3. The molecule has 4 rings (SSSR count). The Morgan fingerprint density at radius 2 is 1.32 bits per heavy atom. The Morgan fingerprint density at radius 1 is 0.763 bits per heavy atom. The number of nitrogens with one attached hydrogen (secondary N) is 1. The zero-order valence-corrected chi connectivity index (χ0v) is 21.8. The minimum Gasteiger partial charge on any atom is -0.269 e. The second-order valence-corrected chi connectivity index (χ2v) is 10.5. The third-order valence-electron chi connectivity index (χ3n) is 5.99. The summed E-state index contributed by atoms with van der Waals surface area (Å²) in [6.45, 7) is 2.14. The van der Waals surface area contributed by atoms with Crippen LogP contribution in [0.1, 0.15) is 41.2 Å². The van der Waals surface area contributed by atoms with Gasteiger partial charge in [-0.15, -0.1) is 0 Å². The highest BCUT2D eigenvalue weighted by Crippen LogP contribution is 2.34. The molecule has 0 bridgehead atoms. The molecule has 1 N–H and O–H groups in total. The van der Waals surface area contributed by atoms with Crippen molar-refractivity contribution < 1.29 is 17.6 Å². The van der Waals surface area contributed by atoms with E-state index in [1.165, 1.54) is 35.9 Å². The van der Waals surface area contributed by atoms with Gasteiger partial charge in [-0.25, -0.2) is 17.5 Å². The van der Waals surface area contributed by atoms with Crippen LogP contribution in [-0.4, -0.2) is 14.3 Å². The molecule has 0 aliphatic carbocycles. The van der Waals surface area contributed by atoms with Crippen molar-refractivity contribution in [1.82, 2.24) is 4.72 Å². The summed E-state index contributed by atoms with van der Waals surface area (Å²) in [5.74, 6) is -1.63. The number of rotatable bonds is 9. The van der Waals surface area contributed by atoms with Gasteiger partial charge in [-0.05, 0) is 63.6 Å². The highest BCUT2D eigenvalue weighted by Gasteiger charge is 2.15. The third-order valence-corrected chi connectivity index (χ3v) is 7.22. The van der Waals surface area contributed by atoms with Crippen molar-refractivity contribution >= 4 is 33.2 Å². The molecule has 6 heteroatoms. The zero-order chi connectivity index (χ0) is 27.0. The number of amides is 1. The fraction of sp³-hybridized carbons (Fsp3) is 0.0938. The van der Waals surface area contributed by atoms with E-state index in [4.69, 9.17) is 0 Å². The normalized spacial score (nSPS) is 12.3. The average molecular weight is 526 g/mol. The minimum absolute atomic E-state index is 0.385. The van der Waals surface area contributed by atoms with Gasteiger partial charge < -0.3 is 0 Å². The summed E-state index contributed by atoms with van der Waals surface area (Å²) < 4.78 is 39.7. The zero-order valence-electron chi connectivity index (χ0n) is 21.0. The predicted molar refractivity (Wildman–Crippen MR) is 152 cm³/mol. The van der Waals surface area contributed by atoms with Gasteiger partial charge in [0, 0.05) is 6.08 Å². The molecule has 0 heterocycles. The number of carbonyl (C=O) groups is 1. The van der Waals surface area contributed by atoms with E-state index in [1.807, 2.05) is 65.4 Å². The number of halogens is 1. The number of allylic oxidation sites excluding steroid dienone is 1. The fourth-order valence-corrected chi connectivity index (χ4v) is 5.32. The van der Waals surface area contributed by atoms with Crippen molar-refractivity contribution in [2.75, 3.05) is 0 Å². The monoisotopic (exact) mass is 525 g/mol. The fourth-order valence-electron chi connectivity index (χ4n) is 4.24. The van der Waals surface area contributed by atoms with E-state index in [9.17, 15) is 17.6 Å². The number of benzene rings is 4. The molecule has 192 valence electrons. The molecular weight excluding hydrogens is 497 g/mol. The first kappa shape index (κ1) is 26.8. The first-order valence-electron chi connectivity index (χ1n) is 12.3. The molecule has 1 amide bonds. The van der Waals surface area contributed by atoms with Gasteiger partial charge in [0.15, 0.2) is 0 Å². The predicted octanol–water partition coefficient (Wildman–Crippen LogP) is 6.85. The lowest BCUT2D eigenvalue weighted by atomic mass is 9.88. The summed E-state index contributed by atoms with van der Waals surface area (Å²) in [5, 5.41) is 0. The maximum atomic E-state index is 13.1. The van der Waals surface area contributed by atoms with Crippen molar-refractivity contribution in [2.45, 2.75) is 19.1 Å². The van der Waals surface area contributed by atoms with Gasteiger partial charge >= 0.3 is 0 Å². The topological polar surface area (TPSA) is 63.2 Å². The molecule has 0 unspecified atom stereocenters. The van der Waals surface area contributed by atoms with Crippen LogP contribution in [0.4, 0.5) is 4.39 Å². The van der Waals surface area contributed by atoms with Gasteiger partial charge in [0.25, 0.3) is 5.91 Å². The van der Waals surface area contributed by atoms with Crippen LogP contribution in [0.3, 0.4) is 0 Å². The summed E-state index contributed by atoms with van der Waals surface area (Å²) in [4.78, 5) is 12.3. The molecule has 4 aromatic carbocycles. The Kier molecular flexibility index (Phi) is 8.66. The summed E-state index contributed by atoms with van der Waals surface area (Å²) in [6, 6.07) is 33.4. The molecule has 4 nitrogen and oxygen atoms in total. The first-order valence-corrected chi connectivity index (χ1v) is 13.9. The maximum Gasteiger partial charge on any atom is 0.257 e. The van der Waals surface area contributed by atoms with E-state index in [1.54, 1.807) is 6.08 Å². The Hall–Kier alpha value is -4.29. The number of hydrogen-bond donors (Lipinski definition) is 1. The summed E-state index contributed by atoms with van der Waals surface area (Å²) in [5.41, 5.74) is 6.82. The van der Waals surface area contributed by atoms with Crippen molar-refractivity contribution in [2.24, 2.45) is 0 Å². The summed E-state index contributed by atoms with van der Waals surface area (Å²) >= 11 is 0. The van der Waals surface area contributed by atoms with Crippen molar-refractivity contribution in [3.05, 3.63) is 149 Å². The average Bonchev–Trinajstić information content (AvgIpc) is 2.93. The molecule has 0 saturated carbocycles. The molecule has 4 aromatic rings. The van der Waals surface area contributed by atoms with E-state index in [0.717, 1.165) is 34.2 Å².